The number of epoxide rings is 1. The predicted molar refractivity (Wildman–Crippen MR) is 39.7 cm³/mol. The zero-order valence-electron chi connectivity index (χ0n) is 7.20. The highest BCUT2D eigenvalue weighted by Gasteiger charge is 2.64. The average molecular weight is 172 g/mol. The number of ether oxygens (including phenoxy) is 3. The van der Waals surface area contributed by atoms with Crippen molar-refractivity contribution in [1.82, 2.24) is 0 Å². The van der Waals surface area contributed by atoms with Crippen LogP contribution in [0.25, 0.3) is 0 Å². The van der Waals surface area contributed by atoms with E-state index < -0.39 is 0 Å². The Kier molecular flexibility index (Phi) is 1.63. The molecule has 3 unspecified atom stereocenters. The molecular weight excluding hydrogens is 160 g/mol. The standard InChI is InChI=1S/C8H12O4/c1-5-3-8(4-11-5)6(12-8)7(9)10-2/h5-6H,3-4H2,1-2H3. The van der Waals surface area contributed by atoms with E-state index in [4.69, 9.17) is 9.47 Å². The maximum atomic E-state index is 11.0. The van der Waals surface area contributed by atoms with Crippen molar-refractivity contribution in [3.63, 3.8) is 0 Å². The van der Waals surface area contributed by atoms with Crippen LogP contribution in [0.15, 0.2) is 0 Å². The largest absolute Gasteiger partial charge is 0.467 e. The van der Waals surface area contributed by atoms with E-state index in [0.29, 0.717) is 6.61 Å². The van der Waals surface area contributed by atoms with Crippen LogP contribution < -0.4 is 0 Å². The van der Waals surface area contributed by atoms with Gasteiger partial charge in [0.25, 0.3) is 0 Å². The molecule has 68 valence electrons. The van der Waals surface area contributed by atoms with E-state index in [1.807, 2.05) is 6.92 Å². The molecule has 3 atom stereocenters. The fraction of sp³-hybridized carbons (Fsp3) is 0.875. The van der Waals surface area contributed by atoms with Crippen molar-refractivity contribution in [3.8, 4) is 0 Å². The molecule has 0 N–H and O–H groups in total. The Balaban J connectivity index is 1.97. The van der Waals surface area contributed by atoms with Gasteiger partial charge in [-0.1, -0.05) is 0 Å². The van der Waals surface area contributed by atoms with E-state index in [1.54, 1.807) is 0 Å². The van der Waals surface area contributed by atoms with Crippen molar-refractivity contribution in [3.05, 3.63) is 0 Å². The van der Waals surface area contributed by atoms with Gasteiger partial charge in [0.2, 0.25) is 0 Å². The highest BCUT2D eigenvalue weighted by molar-refractivity contribution is 5.79. The summed E-state index contributed by atoms with van der Waals surface area (Å²) < 4.78 is 15.2. The smallest absolute Gasteiger partial charge is 0.338 e. The molecule has 4 heteroatoms. The maximum absolute atomic E-state index is 11.0. The molecule has 0 radical (unpaired) electrons. The number of carbonyl (C=O) groups is 1. The molecule has 2 saturated heterocycles. The topological polar surface area (TPSA) is 48.1 Å². The van der Waals surface area contributed by atoms with Gasteiger partial charge >= 0.3 is 5.97 Å². The highest BCUT2D eigenvalue weighted by atomic mass is 16.7. The lowest BCUT2D eigenvalue weighted by molar-refractivity contribution is -0.142. The van der Waals surface area contributed by atoms with Gasteiger partial charge in [-0.05, 0) is 6.92 Å². The van der Waals surface area contributed by atoms with Gasteiger partial charge in [-0.15, -0.1) is 0 Å². The van der Waals surface area contributed by atoms with Crippen molar-refractivity contribution < 1.29 is 19.0 Å². The lowest BCUT2D eigenvalue weighted by Gasteiger charge is -1.97. The number of carbonyl (C=O) groups excluding carboxylic acids is 1. The quantitative estimate of drug-likeness (QED) is 0.416. The minimum absolute atomic E-state index is 0.194. The minimum atomic E-state index is -0.382. The first-order chi connectivity index (χ1) is 5.68. The zero-order valence-corrected chi connectivity index (χ0v) is 7.20. The number of rotatable bonds is 1. The van der Waals surface area contributed by atoms with Gasteiger partial charge in [-0.25, -0.2) is 4.79 Å². The Bertz CT molecular complexity index is 215. The Morgan fingerprint density at radius 1 is 1.67 bits per heavy atom. The van der Waals surface area contributed by atoms with Crippen LogP contribution in [-0.4, -0.2) is 37.5 Å². The Labute approximate surface area is 70.8 Å². The summed E-state index contributed by atoms with van der Waals surface area (Å²) in [6, 6.07) is 0. The van der Waals surface area contributed by atoms with Crippen LogP contribution in [0.4, 0.5) is 0 Å². The fourth-order valence-electron chi connectivity index (χ4n) is 1.72. The van der Waals surface area contributed by atoms with Gasteiger partial charge in [-0.2, -0.15) is 0 Å². The van der Waals surface area contributed by atoms with Crippen LogP contribution in [-0.2, 0) is 19.0 Å². The lowest BCUT2D eigenvalue weighted by Crippen LogP contribution is -2.22. The molecule has 2 fully saturated rings. The zero-order chi connectivity index (χ0) is 8.77. The molecule has 2 rings (SSSR count). The predicted octanol–water partition coefficient (Wildman–Crippen LogP) is 0.106. The molecule has 0 aromatic carbocycles. The van der Waals surface area contributed by atoms with Crippen molar-refractivity contribution in [2.24, 2.45) is 0 Å². The summed E-state index contributed by atoms with van der Waals surface area (Å²) in [5, 5.41) is 0. The van der Waals surface area contributed by atoms with Gasteiger partial charge < -0.3 is 14.2 Å². The van der Waals surface area contributed by atoms with Crippen molar-refractivity contribution in [2.45, 2.75) is 31.2 Å². The summed E-state index contributed by atoms with van der Waals surface area (Å²) >= 11 is 0. The van der Waals surface area contributed by atoms with Gasteiger partial charge in [-0.3, -0.25) is 0 Å². The summed E-state index contributed by atoms with van der Waals surface area (Å²) in [5.41, 5.74) is -0.341. The van der Waals surface area contributed by atoms with E-state index in [-0.39, 0.29) is 23.8 Å². The van der Waals surface area contributed by atoms with Gasteiger partial charge in [0.15, 0.2) is 6.10 Å². The monoisotopic (exact) mass is 172 g/mol. The van der Waals surface area contributed by atoms with Crippen LogP contribution in [0.3, 0.4) is 0 Å². The average Bonchev–Trinajstić information content (AvgIpc) is 2.62. The summed E-state index contributed by atoms with van der Waals surface area (Å²) in [7, 11) is 1.37. The molecule has 0 aromatic rings. The lowest BCUT2D eigenvalue weighted by atomic mass is 10.0. The van der Waals surface area contributed by atoms with E-state index in [0.717, 1.165) is 6.42 Å². The molecule has 2 aliphatic rings. The third-order valence-corrected chi connectivity index (χ3v) is 2.43. The molecule has 4 nitrogen and oxygen atoms in total. The van der Waals surface area contributed by atoms with Crippen molar-refractivity contribution in [2.75, 3.05) is 13.7 Å². The Hall–Kier alpha value is -0.610. The van der Waals surface area contributed by atoms with Crippen LogP contribution in [0.2, 0.25) is 0 Å². The summed E-state index contributed by atoms with van der Waals surface area (Å²) in [6.45, 7) is 2.50. The van der Waals surface area contributed by atoms with E-state index in [2.05, 4.69) is 4.74 Å². The third-order valence-electron chi connectivity index (χ3n) is 2.43. The molecule has 0 aliphatic carbocycles. The molecule has 0 aromatic heterocycles. The van der Waals surface area contributed by atoms with Crippen LogP contribution in [0, 0.1) is 0 Å². The van der Waals surface area contributed by atoms with E-state index >= 15 is 0 Å². The molecule has 1 spiro atoms. The van der Waals surface area contributed by atoms with Crippen molar-refractivity contribution >= 4 is 5.97 Å². The molecule has 0 bridgehead atoms. The van der Waals surface area contributed by atoms with Crippen LogP contribution in [0.5, 0.6) is 0 Å². The second-order valence-electron chi connectivity index (χ2n) is 3.41. The third kappa shape index (κ3) is 1.03. The first kappa shape index (κ1) is 8.01. The number of hydrogen-bond donors (Lipinski definition) is 0. The second-order valence-corrected chi connectivity index (χ2v) is 3.41. The van der Waals surface area contributed by atoms with Gasteiger partial charge in [0.05, 0.1) is 19.8 Å². The first-order valence-corrected chi connectivity index (χ1v) is 4.05. The molecule has 12 heavy (non-hydrogen) atoms. The fourth-order valence-corrected chi connectivity index (χ4v) is 1.72. The number of methoxy groups -OCH3 is 1. The SMILES string of the molecule is COC(=O)C1OC12COC(C)C2. The molecule has 2 aliphatic heterocycles. The molecular formula is C8H12O4. The minimum Gasteiger partial charge on any atom is -0.467 e. The van der Waals surface area contributed by atoms with Crippen molar-refractivity contribution in [1.29, 1.82) is 0 Å². The Morgan fingerprint density at radius 2 is 2.42 bits per heavy atom. The van der Waals surface area contributed by atoms with Gasteiger partial charge in [0, 0.05) is 6.42 Å². The first-order valence-electron chi connectivity index (χ1n) is 4.05. The number of hydrogen-bond acceptors (Lipinski definition) is 4. The molecule has 0 amide bonds. The Morgan fingerprint density at radius 3 is 2.92 bits per heavy atom. The van der Waals surface area contributed by atoms with E-state index in [1.165, 1.54) is 7.11 Å². The normalized spacial score (nSPS) is 44.8. The molecule has 2 heterocycles. The highest BCUT2D eigenvalue weighted by Crippen LogP contribution is 2.46. The summed E-state index contributed by atoms with van der Waals surface area (Å²) in [5.74, 6) is -0.285. The number of esters is 1. The van der Waals surface area contributed by atoms with Gasteiger partial charge in [0.1, 0.15) is 5.60 Å². The second kappa shape index (κ2) is 2.44. The van der Waals surface area contributed by atoms with E-state index in [9.17, 15) is 4.79 Å². The summed E-state index contributed by atoms with van der Waals surface area (Å²) in [6.07, 6.45) is 0.611. The van der Waals surface area contributed by atoms with Crippen LogP contribution >= 0.6 is 0 Å². The van der Waals surface area contributed by atoms with Crippen LogP contribution in [0.1, 0.15) is 13.3 Å². The maximum Gasteiger partial charge on any atom is 0.338 e. The molecule has 0 saturated carbocycles. The summed E-state index contributed by atoms with van der Waals surface area (Å²) in [4.78, 5) is 11.0.